The molecule has 0 radical (unpaired) electrons. The zero-order chi connectivity index (χ0) is 13.7. The second-order valence-electron chi connectivity index (χ2n) is 3.78. The van der Waals surface area contributed by atoms with Crippen molar-refractivity contribution >= 4 is 43.7 Å². The van der Waals surface area contributed by atoms with Gasteiger partial charge in [0.15, 0.2) is 0 Å². The van der Waals surface area contributed by atoms with Crippen LogP contribution in [0.15, 0.2) is 27.1 Å². The third-order valence-electron chi connectivity index (χ3n) is 2.22. The molecule has 0 bridgehead atoms. The highest BCUT2D eigenvalue weighted by Gasteiger charge is 2.18. The van der Waals surface area contributed by atoms with Gasteiger partial charge >= 0.3 is 5.97 Å². The molecule has 0 aromatic heterocycles. The number of nitrogens with zero attached hydrogens (tertiary/aromatic N) is 1. The zero-order valence-corrected chi connectivity index (χ0v) is 13.0. The standard InChI is InChI=1S/C12H13Br2NO3/c1-2-3-15(7-11(16)17)12(18)8-4-9(13)6-10(14)5-8/h4-6H,2-3,7H2,1H3,(H,16,17). The van der Waals surface area contributed by atoms with Crippen molar-refractivity contribution in [1.82, 2.24) is 4.90 Å². The molecule has 0 aliphatic carbocycles. The lowest BCUT2D eigenvalue weighted by atomic mass is 10.2. The number of aliphatic carboxylic acids is 1. The number of rotatable bonds is 5. The highest BCUT2D eigenvalue weighted by atomic mass is 79.9. The van der Waals surface area contributed by atoms with Gasteiger partial charge in [-0.05, 0) is 24.6 Å². The van der Waals surface area contributed by atoms with Crippen LogP contribution in [0.3, 0.4) is 0 Å². The van der Waals surface area contributed by atoms with Crippen molar-refractivity contribution in [3.05, 3.63) is 32.7 Å². The Kier molecular flexibility index (Phi) is 5.81. The summed E-state index contributed by atoms with van der Waals surface area (Å²) in [6.45, 7) is 2.05. The normalized spacial score (nSPS) is 10.2. The summed E-state index contributed by atoms with van der Waals surface area (Å²) in [5.41, 5.74) is 0.464. The Morgan fingerprint density at radius 1 is 1.22 bits per heavy atom. The fourth-order valence-electron chi connectivity index (χ4n) is 1.55. The quantitative estimate of drug-likeness (QED) is 0.856. The molecule has 1 rings (SSSR count). The molecule has 0 aliphatic heterocycles. The molecule has 4 nitrogen and oxygen atoms in total. The summed E-state index contributed by atoms with van der Waals surface area (Å²) in [4.78, 5) is 24.3. The molecule has 6 heteroatoms. The molecule has 1 aromatic carbocycles. The smallest absolute Gasteiger partial charge is 0.323 e. The summed E-state index contributed by atoms with van der Waals surface area (Å²) in [5.74, 6) is -1.29. The Morgan fingerprint density at radius 3 is 2.22 bits per heavy atom. The molecule has 0 fully saturated rings. The molecule has 0 atom stereocenters. The van der Waals surface area contributed by atoms with Crippen LogP contribution in [0.25, 0.3) is 0 Å². The molecular weight excluding hydrogens is 366 g/mol. The van der Waals surface area contributed by atoms with E-state index in [-0.39, 0.29) is 12.5 Å². The summed E-state index contributed by atoms with van der Waals surface area (Å²) in [6, 6.07) is 5.17. The minimum absolute atomic E-state index is 0.277. The summed E-state index contributed by atoms with van der Waals surface area (Å²) in [5, 5.41) is 8.80. The van der Waals surface area contributed by atoms with Gasteiger partial charge in [-0.1, -0.05) is 38.8 Å². The van der Waals surface area contributed by atoms with E-state index in [1.54, 1.807) is 12.1 Å². The van der Waals surface area contributed by atoms with Crippen LogP contribution in [0.2, 0.25) is 0 Å². The average Bonchev–Trinajstić information content (AvgIpc) is 2.25. The number of carbonyl (C=O) groups is 2. The maximum Gasteiger partial charge on any atom is 0.323 e. The molecule has 0 aliphatic rings. The van der Waals surface area contributed by atoms with Gasteiger partial charge in [0.2, 0.25) is 0 Å². The number of halogens is 2. The van der Waals surface area contributed by atoms with Gasteiger partial charge in [-0.2, -0.15) is 0 Å². The third-order valence-corrected chi connectivity index (χ3v) is 3.13. The lowest BCUT2D eigenvalue weighted by molar-refractivity contribution is -0.137. The van der Waals surface area contributed by atoms with E-state index < -0.39 is 5.97 Å². The first-order valence-electron chi connectivity index (χ1n) is 5.41. The monoisotopic (exact) mass is 377 g/mol. The molecule has 0 saturated heterocycles. The van der Waals surface area contributed by atoms with E-state index in [1.807, 2.05) is 13.0 Å². The molecule has 1 amide bonds. The zero-order valence-electron chi connectivity index (χ0n) is 9.82. The van der Waals surface area contributed by atoms with Gasteiger partial charge < -0.3 is 10.0 Å². The second kappa shape index (κ2) is 6.89. The van der Waals surface area contributed by atoms with Crippen molar-refractivity contribution in [3.8, 4) is 0 Å². The lowest BCUT2D eigenvalue weighted by Crippen LogP contribution is -2.36. The van der Waals surface area contributed by atoms with E-state index in [0.29, 0.717) is 18.5 Å². The summed E-state index contributed by atoms with van der Waals surface area (Å²) >= 11 is 6.61. The van der Waals surface area contributed by atoms with Crippen molar-refractivity contribution in [1.29, 1.82) is 0 Å². The number of carboxylic acids is 1. The van der Waals surface area contributed by atoms with Crippen molar-refractivity contribution in [2.45, 2.75) is 13.3 Å². The van der Waals surface area contributed by atoms with Gasteiger partial charge in [-0.3, -0.25) is 9.59 Å². The number of carbonyl (C=O) groups excluding carboxylic acids is 1. The predicted molar refractivity (Wildman–Crippen MR) is 75.7 cm³/mol. The Bertz CT molecular complexity index is 442. The molecule has 0 saturated carbocycles. The highest BCUT2D eigenvalue weighted by Crippen LogP contribution is 2.21. The van der Waals surface area contributed by atoms with Gasteiger partial charge in [0, 0.05) is 21.1 Å². The fraction of sp³-hybridized carbons (Fsp3) is 0.333. The Labute approximate surface area is 122 Å². The Balaban J connectivity index is 2.97. The number of hydrogen-bond acceptors (Lipinski definition) is 2. The molecule has 0 spiro atoms. The molecule has 98 valence electrons. The average molecular weight is 379 g/mol. The van der Waals surface area contributed by atoms with Gasteiger partial charge in [0.1, 0.15) is 6.54 Å². The maximum atomic E-state index is 12.2. The Hall–Kier alpha value is -0.880. The number of amides is 1. The van der Waals surface area contributed by atoms with Crippen molar-refractivity contribution in [3.63, 3.8) is 0 Å². The van der Waals surface area contributed by atoms with Crippen LogP contribution in [0, 0.1) is 0 Å². The van der Waals surface area contributed by atoms with Crippen LogP contribution in [0.4, 0.5) is 0 Å². The summed E-state index contributed by atoms with van der Waals surface area (Å²) in [6.07, 6.45) is 0.716. The summed E-state index contributed by atoms with van der Waals surface area (Å²) < 4.78 is 1.54. The van der Waals surface area contributed by atoms with Crippen LogP contribution in [-0.4, -0.2) is 35.0 Å². The van der Waals surface area contributed by atoms with Crippen LogP contribution in [-0.2, 0) is 4.79 Å². The highest BCUT2D eigenvalue weighted by molar-refractivity contribution is 9.11. The van der Waals surface area contributed by atoms with Crippen molar-refractivity contribution < 1.29 is 14.7 Å². The minimum Gasteiger partial charge on any atom is -0.480 e. The molecule has 1 aromatic rings. The fourth-order valence-corrected chi connectivity index (χ4v) is 2.84. The van der Waals surface area contributed by atoms with Crippen LogP contribution < -0.4 is 0 Å². The third kappa shape index (κ3) is 4.42. The van der Waals surface area contributed by atoms with Crippen LogP contribution in [0.1, 0.15) is 23.7 Å². The predicted octanol–water partition coefficient (Wildman–Crippen LogP) is 3.15. The van der Waals surface area contributed by atoms with Gasteiger partial charge in [0.25, 0.3) is 5.91 Å². The molecule has 1 N–H and O–H groups in total. The number of hydrogen-bond donors (Lipinski definition) is 1. The minimum atomic E-state index is -1.01. The molecular formula is C12H13Br2NO3. The van der Waals surface area contributed by atoms with E-state index in [2.05, 4.69) is 31.9 Å². The second-order valence-corrected chi connectivity index (χ2v) is 5.61. The van der Waals surface area contributed by atoms with Gasteiger partial charge in [0.05, 0.1) is 0 Å². The summed E-state index contributed by atoms with van der Waals surface area (Å²) in [7, 11) is 0. The van der Waals surface area contributed by atoms with Crippen LogP contribution >= 0.6 is 31.9 Å². The van der Waals surface area contributed by atoms with E-state index in [0.717, 1.165) is 8.95 Å². The topological polar surface area (TPSA) is 57.6 Å². The first-order chi connectivity index (χ1) is 8.43. The first kappa shape index (κ1) is 15.2. The SMILES string of the molecule is CCCN(CC(=O)O)C(=O)c1cc(Br)cc(Br)c1. The van der Waals surface area contributed by atoms with E-state index in [1.165, 1.54) is 4.90 Å². The largest absolute Gasteiger partial charge is 0.480 e. The molecule has 18 heavy (non-hydrogen) atoms. The lowest BCUT2D eigenvalue weighted by Gasteiger charge is -2.20. The van der Waals surface area contributed by atoms with E-state index >= 15 is 0 Å². The Morgan fingerprint density at radius 2 is 1.78 bits per heavy atom. The van der Waals surface area contributed by atoms with E-state index in [4.69, 9.17) is 5.11 Å². The first-order valence-corrected chi connectivity index (χ1v) is 6.99. The van der Waals surface area contributed by atoms with Gasteiger partial charge in [-0.25, -0.2) is 0 Å². The van der Waals surface area contributed by atoms with E-state index in [9.17, 15) is 9.59 Å². The molecule has 0 unspecified atom stereocenters. The van der Waals surface area contributed by atoms with Crippen molar-refractivity contribution in [2.75, 3.05) is 13.1 Å². The van der Waals surface area contributed by atoms with Gasteiger partial charge in [-0.15, -0.1) is 0 Å². The number of carboxylic acid groups (broad SMARTS) is 1. The molecule has 0 heterocycles. The van der Waals surface area contributed by atoms with Crippen LogP contribution in [0.5, 0.6) is 0 Å². The maximum absolute atomic E-state index is 12.2. The van der Waals surface area contributed by atoms with Crippen molar-refractivity contribution in [2.24, 2.45) is 0 Å². The number of benzene rings is 1.